The lowest BCUT2D eigenvalue weighted by molar-refractivity contribution is 0.00578. The third-order valence-corrected chi connectivity index (χ3v) is 5.45. The second-order valence-electron chi connectivity index (χ2n) is 6.89. The van der Waals surface area contributed by atoms with Gasteiger partial charge in [0.25, 0.3) is 0 Å². The molecule has 104 valence electrons. The lowest BCUT2D eigenvalue weighted by Crippen LogP contribution is -2.41. The highest BCUT2D eigenvalue weighted by atomic mass is 28.3. The summed E-state index contributed by atoms with van der Waals surface area (Å²) in [6.07, 6.45) is 0. The third kappa shape index (κ3) is 2.96. The second kappa shape index (κ2) is 5.08. The Hall–Kier alpha value is -0.578. The molecule has 0 unspecified atom stereocenters. The molecule has 1 heterocycles. The Kier molecular flexibility index (Phi) is 3.96. The van der Waals surface area contributed by atoms with Crippen molar-refractivity contribution in [1.82, 2.24) is 0 Å². The Morgan fingerprint density at radius 3 is 2.05 bits per heavy atom. The third-order valence-electron chi connectivity index (χ3n) is 4.19. The van der Waals surface area contributed by atoms with Gasteiger partial charge in [0.1, 0.15) is 0 Å². The van der Waals surface area contributed by atoms with Crippen LogP contribution in [-0.2, 0) is 15.4 Å². The summed E-state index contributed by atoms with van der Waals surface area (Å²) < 4.78 is 12.3. The first-order valence-electron chi connectivity index (χ1n) is 7.16. The molecule has 1 aliphatic rings. The van der Waals surface area contributed by atoms with Crippen molar-refractivity contribution in [3.63, 3.8) is 0 Å². The van der Waals surface area contributed by atoms with Crippen LogP contribution >= 0.6 is 0 Å². The molecule has 2 nitrogen and oxygen atoms in total. The molecule has 19 heavy (non-hydrogen) atoms. The van der Waals surface area contributed by atoms with Crippen LogP contribution in [0.2, 0.25) is 13.1 Å². The van der Waals surface area contributed by atoms with Gasteiger partial charge < -0.3 is 9.31 Å². The summed E-state index contributed by atoms with van der Waals surface area (Å²) >= 11 is 0. The van der Waals surface area contributed by atoms with E-state index >= 15 is 0 Å². The maximum Gasteiger partial charge on any atom is 0.495 e. The van der Waals surface area contributed by atoms with Crippen LogP contribution in [0.3, 0.4) is 0 Å². The van der Waals surface area contributed by atoms with E-state index in [4.69, 9.17) is 9.31 Å². The number of rotatable bonds is 3. The predicted octanol–water partition coefficient (Wildman–Crippen LogP) is 2.55. The molecule has 2 rings (SSSR count). The molecule has 0 atom stereocenters. The van der Waals surface area contributed by atoms with Crippen LogP contribution in [0.25, 0.3) is 0 Å². The van der Waals surface area contributed by atoms with Gasteiger partial charge >= 0.3 is 7.12 Å². The molecular weight excluding hydrogens is 251 g/mol. The topological polar surface area (TPSA) is 18.5 Å². The Morgan fingerprint density at radius 1 is 1.00 bits per heavy atom. The summed E-state index contributed by atoms with van der Waals surface area (Å²) in [4.78, 5) is 0. The number of hydrogen-bond donors (Lipinski definition) is 0. The zero-order chi connectivity index (χ0) is 14.3. The number of hydrogen-bond acceptors (Lipinski definition) is 2. The van der Waals surface area contributed by atoms with E-state index in [1.807, 2.05) is 0 Å². The minimum atomic E-state index is -0.645. The van der Waals surface area contributed by atoms with Gasteiger partial charge in [0.05, 0.1) is 11.2 Å². The van der Waals surface area contributed by atoms with Gasteiger partial charge in [-0.25, -0.2) is 0 Å². The smallest absolute Gasteiger partial charge is 0.399 e. The molecule has 0 radical (unpaired) electrons. The molecule has 1 aromatic carbocycles. The lowest BCUT2D eigenvalue weighted by Gasteiger charge is -2.32. The van der Waals surface area contributed by atoms with Crippen LogP contribution in [0.1, 0.15) is 33.3 Å². The standard InChI is InChI=1S/C15H25BO2Si/c1-14(2)15(3,4)18-16(17-14)13-10-8-7-9-12(13)11-19(5)6/h7-10,19H,11H2,1-6H3. The van der Waals surface area contributed by atoms with Crippen LogP contribution in [-0.4, -0.2) is 27.1 Å². The van der Waals surface area contributed by atoms with E-state index < -0.39 is 8.80 Å². The molecule has 0 aromatic heterocycles. The minimum Gasteiger partial charge on any atom is -0.399 e. The molecule has 0 bridgehead atoms. The van der Waals surface area contributed by atoms with Gasteiger partial charge in [0.2, 0.25) is 0 Å². The summed E-state index contributed by atoms with van der Waals surface area (Å²) in [5.74, 6) is 0. The lowest BCUT2D eigenvalue weighted by atomic mass is 9.76. The first kappa shape index (κ1) is 14.8. The van der Waals surface area contributed by atoms with Crippen LogP contribution in [0.15, 0.2) is 24.3 Å². The van der Waals surface area contributed by atoms with Crippen LogP contribution in [0.4, 0.5) is 0 Å². The van der Waals surface area contributed by atoms with E-state index in [9.17, 15) is 0 Å². The quantitative estimate of drug-likeness (QED) is 0.790. The molecule has 1 fully saturated rings. The van der Waals surface area contributed by atoms with Gasteiger partial charge in [-0.05, 0) is 39.2 Å². The van der Waals surface area contributed by atoms with Crippen molar-refractivity contribution >= 4 is 21.4 Å². The summed E-state index contributed by atoms with van der Waals surface area (Å²) in [7, 11) is -0.873. The van der Waals surface area contributed by atoms with Crippen molar-refractivity contribution in [3.8, 4) is 0 Å². The zero-order valence-corrected chi connectivity index (χ0v) is 14.1. The van der Waals surface area contributed by atoms with Crippen LogP contribution < -0.4 is 5.46 Å². The zero-order valence-electron chi connectivity index (χ0n) is 13.0. The Balaban J connectivity index is 2.29. The van der Waals surface area contributed by atoms with Gasteiger partial charge in [0.15, 0.2) is 0 Å². The van der Waals surface area contributed by atoms with Crippen LogP contribution in [0, 0.1) is 0 Å². The van der Waals surface area contributed by atoms with E-state index in [-0.39, 0.29) is 18.3 Å². The predicted molar refractivity (Wildman–Crippen MR) is 84.7 cm³/mol. The first-order valence-corrected chi connectivity index (χ1v) is 10.3. The Morgan fingerprint density at radius 2 is 1.53 bits per heavy atom. The summed E-state index contributed by atoms with van der Waals surface area (Å²) in [5.41, 5.74) is 2.07. The second-order valence-corrected chi connectivity index (χ2v) is 10.1. The van der Waals surface area contributed by atoms with Crippen molar-refractivity contribution in [2.45, 2.75) is 58.0 Å². The molecule has 1 saturated heterocycles. The largest absolute Gasteiger partial charge is 0.495 e. The molecule has 0 N–H and O–H groups in total. The van der Waals surface area contributed by atoms with E-state index in [1.54, 1.807) is 0 Å². The maximum atomic E-state index is 6.17. The molecule has 0 spiro atoms. The van der Waals surface area contributed by atoms with Gasteiger partial charge in [-0.3, -0.25) is 0 Å². The van der Waals surface area contributed by atoms with E-state index in [2.05, 4.69) is 65.1 Å². The van der Waals surface area contributed by atoms with E-state index in [0.29, 0.717) is 0 Å². The molecule has 0 saturated carbocycles. The molecule has 0 amide bonds. The maximum absolute atomic E-state index is 6.17. The van der Waals surface area contributed by atoms with Crippen LogP contribution in [0.5, 0.6) is 0 Å². The average Bonchev–Trinajstić information content (AvgIpc) is 2.48. The fraction of sp³-hybridized carbons (Fsp3) is 0.600. The number of benzene rings is 1. The average molecular weight is 276 g/mol. The molecule has 1 aromatic rings. The summed E-state index contributed by atoms with van der Waals surface area (Å²) in [6.45, 7) is 13.2. The van der Waals surface area contributed by atoms with Crippen molar-refractivity contribution in [1.29, 1.82) is 0 Å². The van der Waals surface area contributed by atoms with Gasteiger partial charge in [-0.15, -0.1) is 0 Å². The van der Waals surface area contributed by atoms with Crippen molar-refractivity contribution in [3.05, 3.63) is 29.8 Å². The molecule has 0 aliphatic carbocycles. The SMILES string of the molecule is C[SiH](C)Cc1ccccc1B1OC(C)(C)C(C)(C)O1. The van der Waals surface area contributed by atoms with E-state index in [0.717, 1.165) is 0 Å². The monoisotopic (exact) mass is 276 g/mol. The molecule has 4 heteroatoms. The van der Waals surface area contributed by atoms with Crippen molar-refractivity contribution < 1.29 is 9.31 Å². The van der Waals surface area contributed by atoms with Gasteiger partial charge in [0, 0.05) is 8.80 Å². The Labute approximate surface area is 119 Å². The van der Waals surface area contributed by atoms with Gasteiger partial charge in [-0.1, -0.05) is 42.9 Å². The highest BCUT2D eigenvalue weighted by Gasteiger charge is 2.52. The highest BCUT2D eigenvalue weighted by molar-refractivity contribution is 6.63. The van der Waals surface area contributed by atoms with E-state index in [1.165, 1.54) is 17.1 Å². The minimum absolute atomic E-state index is 0.228. The molecular formula is C15H25BO2Si. The van der Waals surface area contributed by atoms with Gasteiger partial charge in [-0.2, -0.15) is 0 Å². The molecule has 1 aliphatic heterocycles. The first-order chi connectivity index (χ1) is 8.73. The highest BCUT2D eigenvalue weighted by Crippen LogP contribution is 2.36. The van der Waals surface area contributed by atoms with Crippen molar-refractivity contribution in [2.75, 3.05) is 0 Å². The fourth-order valence-corrected chi connectivity index (χ4v) is 3.61. The normalized spacial score (nSPS) is 21.1. The summed E-state index contributed by atoms with van der Waals surface area (Å²) in [6, 6.07) is 9.74. The Bertz CT molecular complexity index is 441. The van der Waals surface area contributed by atoms with Crippen molar-refractivity contribution in [2.24, 2.45) is 0 Å². The summed E-state index contributed by atoms with van der Waals surface area (Å²) in [5, 5.41) is 0. The fourth-order valence-electron chi connectivity index (χ4n) is 2.36.